The van der Waals surface area contributed by atoms with Gasteiger partial charge in [-0.15, -0.1) is 0 Å². The van der Waals surface area contributed by atoms with Crippen molar-refractivity contribution in [2.24, 2.45) is 11.3 Å². The van der Waals surface area contributed by atoms with Gasteiger partial charge in [-0.2, -0.15) is 0 Å². The van der Waals surface area contributed by atoms with Crippen LogP contribution in [0.4, 0.5) is 0 Å². The molecular weight excluding hydrogens is 821 g/mol. The Labute approximate surface area is 407 Å². The molecule has 5 aliphatic rings. The third-order valence-electron chi connectivity index (χ3n) is 14.7. The minimum atomic E-state index is -0.481. The lowest BCUT2D eigenvalue weighted by Crippen LogP contribution is -2.28. The lowest BCUT2D eigenvalue weighted by molar-refractivity contribution is 0.280. The zero-order chi connectivity index (χ0) is 47.4. The van der Waals surface area contributed by atoms with Crippen LogP contribution >= 0.6 is 0 Å². The third-order valence-corrected chi connectivity index (χ3v) is 14.7. The standard InChI is InChI=1S/C52H46O.C15H22/c1-5-7-17-37-34-51(3,4)47(40(37)16-6-2)32-35-26-31-43-42-20-11-13-24-46(42)52(48(43)33-35,38-18-9-8-10-19-38)39-29-27-36(28-30-39)41-22-15-23-45-44-21-12-14-25-49(44)53-50(41)45;1-12(2)14(4)6-5-7-15-10-8-13(3)9-11-15/h5,7-24,26-33,49H,6,25,34H2,1-4H3;5-6,8,10-11,13H,7,9H2,1-4H3/b7-5-,37-17+,40-16-,47-32+;6-5-. The van der Waals surface area contributed by atoms with Crippen LogP contribution in [-0.2, 0) is 5.41 Å². The van der Waals surface area contributed by atoms with Crippen LogP contribution in [0.1, 0.15) is 121 Å². The fourth-order valence-corrected chi connectivity index (χ4v) is 10.9. The molecule has 1 fully saturated rings. The van der Waals surface area contributed by atoms with Gasteiger partial charge in [-0.1, -0.05) is 227 Å². The molecule has 5 aromatic carbocycles. The summed E-state index contributed by atoms with van der Waals surface area (Å²) in [6.07, 6.45) is 34.8. The molecule has 1 heteroatoms. The molecule has 3 atom stereocenters. The predicted octanol–water partition coefficient (Wildman–Crippen LogP) is 18.3. The first-order valence-corrected chi connectivity index (χ1v) is 25.0. The monoisotopic (exact) mass is 889 g/mol. The first-order chi connectivity index (χ1) is 33.0. The fraction of sp³-hybridized carbons (Fsp3) is 0.254. The molecule has 1 saturated carbocycles. The van der Waals surface area contributed by atoms with Crippen LogP contribution in [0.3, 0.4) is 0 Å². The number of para-hydroxylation sites is 1. The van der Waals surface area contributed by atoms with Crippen molar-refractivity contribution in [2.45, 2.75) is 99.0 Å². The molecule has 0 amide bonds. The van der Waals surface area contributed by atoms with E-state index in [2.05, 4.69) is 250 Å². The van der Waals surface area contributed by atoms with Gasteiger partial charge in [0.2, 0.25) is 0 Å². The highest BCUT2D eigenvalue weighted by Crippen LogP contribution is 2.57. The van der Waals surface area contributed by atoms with Crippen molar-refractivity contribution in [3.8, 4) is 28.0 Å². The molecule has 4 aliphatic carbocycles. The van der Waals surface area contributed by atoms with Gasteiger partial charge in [-0.25, -0.2) is 0 Å². The van der Waals surface area contributed by atoms with Crippen LogP contribution in [0, 0.1) is 11.3 Å². The Morgan fingerprint density at radius 3 is 2.26 bits per heavy atom. The van der Waals surface area contributed by atoms with Gasteiger partial charge in [-0.05, 0) is 138 Å². The van der Waals surface area contributed by atoms with Gasteiger partial charge >= 0.3 is 0 Å². The van der Waals surface area contributed by atoms with E-state index in [1.54, 1.807) is 0 Å². The predicted molar refractivity (Wildman–Crippen MR) is 292 cm³/mol. The van der Waals surface area contributed by atoms with Crippen LogP contribution < -0.4 is 4.74 Å². The van der Waals surface area contributed by atoms with Crippen LogP contribution in [0.2, 0.25) is 0 Å². The van der Waals surface area contributed by atoms with Gasteiger partial charge in [-0.3, -0.25) is 0 Å². The second-order valence-electron chi connectivity index (χ2n) is 20.1. The normalized spacial score (nSPS) is 22.4. The molecule has 1 aliphatic heterocycles. The first kappa shape index (κ1) is 46.4. The maximum Gasteiger partial charge on any atom is 0.135 e. The summed E-state index contributed by atoms with van der Waals surface area (Å²) >= 11 is 0. The fourth-order valence-electron chi connectivity index (χ4n) is 10.9. The zero-order valence-electron chi connectivity index (χ0n) is 41.6. The van der Waals surface area contributed by atoms with E-state index in [0.29, 0.717) is 0 Å². The van der Waals surface area contributed by atoms with Crippen molar-refractivity contribution in [1.82, 2.24) is 0 Å². The van der Waals surface area contributed by atoms with Crippen molar-refractivity contribution in [3.63, 3.8) is 0 Å². The van der Waals surface area contributed by atoms with E-state index in [0.717, 1.165) is 42.9 Å². The van der Waals surface area contributed by atoms with E-state index in [9.17, 15) is 0 Å². The van der Waals surface area contributed by atoms with Gasteiger partial charge in [0.05, 0.1) is 5.41 Å². The molecule has 342 valence electrons. The Morgan fingerprint density at radius 1 is 0.779 bits per heavy atom. The molecule has 68 heavy (non-hydrogen) atoms. The van der Waals surface area contributed by atoms with Crippen molar-refractivity contribution in [3.05, 3.63) is 255 Å². The number of hydrogen-bond acceptors (Lipinski definition) is 1. The minimum Gasteiger partial charge on any atom is -0.484 e. The topological polar surface area (TPSA) is 9.23 Å². The van der Waals surface area contributed by atoms with Crippen molar-refractivity contribution in [2.75, 3.05) is 0 Å². The van der Waals surface area contributed by atoms with Crippen LogP contribution in [0.5, 0.6) is 5.75 Å². The molecule has 10 rings (SSSR count). The number of allylic oxidation sites excluding steroid dienone is 17. The highest BCUT2D eigenvalue weighted by molar-refractivity contribution is 5.89. The second-order valence-corrected chi connectivity index (χ2v) is 20.1. The summed E-state index contributed by atoms with van der Waals surface area (Å²) in [5.74, 6) is 1.72. The number of fused-ring (bicyclic) bond motifs is 6. The molecule has 1 heterocycles. The highest BCUT2D eigenvalue weighted by Gasteiger charge is 2.46. The molecule has 5 aromatic rings. The summed E-state index contributed by atoms with van der Waals surface area (Å²) in [5.41, 5.74) is 21.9. The largest absolute Gasteiger partial charge is 0.484 e. The van der Waals surface area contributed by atoms with Crippen LogP contribution in [0.25, 0.3) is 33.9 Å². The first-order valence-electron chi connectivity index (χ1n) is 25.0. The van der Waals surface area contributed by atoms with Gasteiger partial charge in [0.1, 0.15) is 11.9 Å². The molecule has 0 saturated heterocycles. The molecule has 3 unspecified atom stereocenters. The Kier molecular flexibility index (Phi) is 13.6. The summed E-state index contributed by atoms with van der Waals surface area (Å²) < 4.78 is 6.60. The minimum absolute atomic E-state index is 0.0366. The van der Waals surface area contributed by atoms with Gasteiger partial charge in [0.15, 0.2) is 0 Å². The summed E-state index contributed by atoms with van der Waals surface area (Å²) in [6.45, 7) is 17.9. The summed E-state index contributed by atoms with van der Waals surface area (Å²) in [7, 11) is 0. The number of benzene rings is 5. The maximum atomic E-state index is 6.60. The lowest BCUT2D eigenvalue weighted by atomic mass is 9.67. The average molecular weight is 889 g/mol. The molecule has 0 spiro atoms. The SMILES string of the molecule is CC(C)=C(C)/C=C\CC1=CCC(C)C=C1.C\C=C/C=C1\CC(C)(C)C(=C\c2ccc3c(c2)C(c2ccccc2)(c2ccc(-c4cccc5c4OC4CC=CC=C54)cc2)c2ccccc2-3)\C1=C/CC. The molecule has 0 bridgehead atoms. The van der Waals surface area contributed by atoms with E-state index in [1.165, 1.54) is 95.5 Å². The van der Waals surface area contributed by atoms with Crippen LogP contribution in [0.15, 0.2) is 222 Å². The van der Waals surface area contributed by atoms with Crippen LogP contribution in [-0.4, -0.2) is 6.10 Å². The third kappa shape index (κ3) is 8.92. The Morgan fingerprint density at radius 2 is 1.51 bits per heavy atom. The number of hydrogen-bond donors (Lipinski definition) is 0. The molecule has 0 N–H and O–H groups in total. The molecule has 0 radical (unpaired) electrons. The van der Waals surface area contributed by atoms with E-state index in [4.69, 9.17) is 4.74 Å². The highest BCUT2D eigenvalue weighted by atomic mass is 16.5. The van der Waals surface area contributed by atoms with Gasteiger partial charge < -0.3 is 4.74 Å². The Bertz CT molecular complexity index is 3010. The summed E-state index contributed by atoms with van der Waals surface area (Å²) in [4.78, 5) is 0. The lowest BCUT2D eigenvalue weighted by Gasteiger charge is -2.34. The average Bonchev–Trinajstić information content (AvgIpc) is 3.96. The quantitative estimate of drug-likeness (QED) is 0.131. The summed E-state index contributed by atoms with van der Waals surface area (Å²) in [5, 5.41) is 0. The van der Waals surface area contributed by atoms with E-state index in [-0.39, 0.29) is 11.5 Å². The number of ether oxygens (including phenoxy) is 1. The molecule has 0 aromatic heterocycles. The molecular formula is C67H68O. The smallest absolute Gasteiger partial charge is 0.135 e. The maximum absolute atomic E-state index is 6.60. The van der Waals surface area contributed by atoms with Crippen molar-refractivity contribution < 1.29 is 4.74 Å². The Balaban J connectivity index is 0.000000331. The Hall–Kier alpha value is -6.70. The van der Waals surface area contributed by atoms with Gasteiger partial charge in [0.25, 0.3) is 0 Å². The van der Waals surface area contributed by atoms with Gasteiger partial charge in [0, 0.05) is 23.1 Å². The molecule has 1 nitrogen and oxygen atoms in total. The van der Waals surface area contributed by atoms with Crippen molar-refractivity contribution >= 4 is 11.6 Å². The van der Waals surface area contributed by atoms with E-state index in [1.807, 2.05) is 0 Å². The number of rotatable bonds is 9. The zero-order valence-corrected chi connectivity index (χ0v) is 41.6. The van der Waals surface area contributed by atoms with E-state index < -0.39 is 5.41 Å². The second kappa shape index (κ2) is 19.9. The van der Waals surface area contributed by atoms with E-state index >= 15 is 0 Å². The van der Waals surface area contributed by atoms with Crippen molar-refractivity contribution in [1.29, 1.82) is 0 Å². The summed E-state index contributed by atoms with van der Waals surface area (Å²) in [6, 6.07) is 43.3.